The predicted octanol–water partition coefficient (Wildman–Crippen LogP) is 2.17. The lowest BCUT2D eigenvalue weighted by atomic mass is 9.79. The van der Waals surface area contributed by atoms with Gasteiger partial charge in [-0.15, -0.1) is 0 Å². The van der Waals surface area contributed by atoms with Gasteiger partial charge in [-0.2, -0.15) is 0 Å². The second-order valence-electron chi connectivity index (χ2n) is 6.77. The fraction of sp³-hybridized carbons (Fsp3) is 1.00. The number of hydrogen-bond acceptors (Lipinski definition) is 3. The van der Waals surface area contributed by atoms with Gasteiger partial charge >= 0.3 is 0 Å². The van der Waals surface area contributed by atoms with Crippen molar-refractivity contribution in [3.8, 4) is 0 Å². The molecule has 0 aromatic carbocycles. The molecule has 2 rings (SSSR count). The maximum atomic E-state index is 6.33. The third kappa shape index (κ3) is 3.93. The van der Waals surface area contributed by atoms with E-state index in [1.165, 1.54) is 58.4 Å². The van der Waals surface area contributed by atoms with Gasteiger partial charge in [0.1, 0.15) is 0 Å². The highest BCUT2D eigenvalue weighted by atomic mass is 15.2. The van der Waals surface area contributed by atoms with E-state index in [4.69, 9.17) is 5.73 Å². The lowest BCUT2D eigenvalue weighted by Crippen LogP contribution is -2.43. The Balaban J connectivity index is 1.81. The van der Waals surface area contributed by atoms with Gasteiger partial charge in [-0.25, -0.2) is 0 Å². The standard InChI is InChI=1S/C16H33N3/c1-4-19(5-2)15-8-9-18(12-15)11-14-10-13(3)6-7-16(14)17/h13-16H,4-12,17H2,1-3H3. The van der Waals surface area contributed by atoms with E-state index in [2.05, 4.69) is 30.6 Å². The molecule has 2 N–H and O–H groups in total. The van der Waals surface area contributed by atoms with Crippen LogP contribution in [0.15, 0.2) is 0 Å². The van der Waals surface area contributed by atoms with E-state index >= 15 is 0 Å². The molecule has 2 aliphatic rings. The van der Waals surface area contributed by atoms with Crippen LogP contribution in [0.25, 0.3) is 0 Å². The Morgan fingerprint density at radius 3 is 2.58 bits per heavy atom. The van der Waals surface area contributed by atoms with Crippen LogP contribution in [-0.4, -0.2) is 54.6 Å². The predicted molar refractivity (Wildman–Crippen MR) is 82.2 cm³/mol. The molecule has 1 saturated heterocycles. The van der Waals surface area contributed by atoms with Crippen LogP contribution in [0.4, 0.5) is 0 Å². The van der Waals surface area contributed by atoms with Gasteiger partial charge in [0.25, 0.3) is 0 Å². The Morgan fingerprint density at radius 2 is 1.89 bits per heavy atom. The summed E-state index contributed by atoms with van der Waals surface area (Å²) < 4.78 is 0. The normalized spacial score (nSPS) is 37.1. The Hall–Kier alpha value is -0.120. The molecular formula is C16H33N3. The molecule has 1 saturated carbocycles. The van der Waals surface area contributed by atoms with Crippen LogP contribution in [0.2, 0.25) is 0 Å². The average Bonchev–Trinajstić information content (AvgIpc) is 2.84. The summed E-state index contributed by atoms with van der Waals surface area (Å²) in [6, 6.07) is 1.23. The van der Waals surface area contributed by atoms with Crippen molar-refractivity contribution < 1.29 is 0 Å². The minimum absolute atomic E-state index is 0.448. The first-order chi connectivity index (χ1) is 9.13. The molecule has 19 heavy (non-hydrogen) atoms. The van der Waals surface area contributed by atoms with Crippen LogP contribution in [0.1, 0.15) is 46.5 Å². The van der Waals surface area contributed by atoms with Crippen LogP contribution < -0.4 is 5.73 Å². The third-order valence-corrected chi connectivity index (χ3v) is 5.37. The van der Waals surface area contributed by atoms with Crippen LogP contribution in [0.5, 0.6) is 0 Å². The van der Waals surface area contributed by atoms with Gasteiger partial charge in [0.2, 0.25) is 0 Å². The third-order valence-electron chi connectivity index (χ3n) is 5.37. The molecule has 0 amide bonds. The summed E-state index contributed by atoms with van der Waals surface area (Å²) in [5, 5.41) is 0. The van der Waals surface area contributed by atoms with Crippen molar-refractivity contribution in [2.24, 2.45) is 17.6 Å². The van der Waals surface area contributed by atoms with Crippen molar-refractivity contribution in [1.29, 1.82) is 0 Å². The Morgan fingerprint density at radius 1 is 1.16 bits per heavy atom. The van der Waals surface area contributed by atoms with Gasteiger partial charge in [0.05, 0.1) is 0 Å². The molecule has 0 bridgehead atoms. The van der Waals surface area contributed by atoms with Gasteiger partial charge in [0, 0.05) is 25.2 Å². The zero-order valence-corrected chi connectivity index (χ0v) is 13.1. The summed E-state index contributed by atoms with van der Waals surface area (Å²) >= 11 is 0. The van der Waals surface area contributed by atoms with E-state index < -0.39 is 0 Å². The van der Waals surface area contributed by atoms with Crippen LogP contribution >= 0.6 is 0 Å². The SMILES string of the molecule is CCN(CC)C1CCN(CC2CC(C)CCC2N)C1. The first-order valence-electron chi connectivity index (χ1n) is 8.36. The maximum absolute atomic E-state index is 6.33. The number of likely N-dealkylation sites (N-methyl/N-ethyl adjacent to an activating group) is 1. The van der Waals surface area contributed by atoms with Gasteiger partial charge in [-0.3, -0.25) is 4.90 Å². The van der Waals surface area contributed by atoms with Crippen molar-refractivity contribution >= 4 is 0 Å². The van der Waals surface area contributed by atoms with Gasteiger partial charge in [-0.1, -0.05) is 20.8 Å². The molecule has 1 aliphatic heterocycles. The molecule has 0 spiro atoms. The molecule has 4 unspecified atom stereocenters. The molecule has 0 aromatic rings. The van der Waals surface area contributed by atoms with Crippen molar-refractivity contribution in [1.82, 2.24) is 9.80 Å². The smallest absolute Gasteiger partial charge is 0.0235 e. The molecule has 3 heteroatoms. The lowest BCUT2D eigenvalue weighted by molar-refractivity contribution is 0.164. The zero-order valence-electron chi connectivity index (χ0n) is 13.1. The summed E-state index contributed by atoms with van der Waals surface area (Å²) in [4.78, 5) is 5.29. The second kappa shape index (κ2) is 7.05. The maximum Gasteiger partial charge on any atom is 0.0235 e. The fourth-order valence-electron chi connectivity index (χ4n) is 4.08. The number of rotatable bonds is 5. The van der Waals surface area contributed by atoms with Crippen molar-refractivity contribution in [3.05, 3.63) is 0 Å². The number of likely N-dealkylation sites (tertiary alicyclic amines) is 1. The largest absolute Gasteiger partial charge is 0.327 e. The topological polar surface area (TPSA) is 32.5 Å². The highest BCUT2D eigenvalue weighted by Gasteiger charge is 2.31. The van der Waals surface area contributed by atoms with Crippen LogP contribution in [0, 0.1) is 11.8 Å². The van der Waals surface area contributed by atoms with Crippen LogP contribution in [0.3, 0.4) is 0 Å². The Labute approximate surface area is 119 Å². The molecule has 1 aliphatic carbocycles. The summed E-state index contributed by atoms with van der Waals surface area (Å²) in [6.07, 6.45) is 5.26. The van der Waals surface area contributed by atoms with Gasteiger partial charge in [0.15, 0.2) is 0 Å². The minimum atomic E-state index is 0.448. The minimum Gasteiger partial charge on any atom is -0.327 e. The molecule has 112 valence electrons. The molecule has 4 atom stereocenters. The second-order valence-corrected chi connectivity index (χ2v) is 6.77. The lowest BCUT2D eigenvalue weighted by Gasteiger charge is -2.35. The fourth-order valence-corrected chi connectivity index (χ4v) is 4.08. The van der Waals surface area contributed by atoms with E-state index in [9.17, 15) is 0 Å². The highest BCUT2D eigenvalue weighted by molar-refractivity contribution is 4.88. The first-order valence-corrected chi connectivity index (χ1v) is 8.36. The Kier molecular flexibility index (Phi) is 5.67. The van der Waals surface area contributed by atoms with Crippen molar-refractivity contribution in [2.45, 2.75) is 58.5 Å². The summed E-state index contributed by atoms with van der Waals surface area (Å²) in [5.41, 5.74) is 6.33. The van der Waals surface area contributed by atoms with E-state index in [-0.39, 0.29) is 0 Å². The number of nitrogens with two attached hydrogens (primary N) is 1. The van der Waals surface area contributed by atoms with Gasteiger partial charge < -0.3 is 10.6 Å². The quantitative estimate of drug-likeness (QED) is 0.828. The molecule has 1 heterocycles. The zero-order chi connectivity index (χ0) is 13.8. The van der Waals surface area contributed by atoms with Gasteiger partial charge in [-0.05, 0) is 57.2 Å². The van der Waals surface area contributed by atoms with E-state index in [1.54, 1.807) is 0 Å². The summed E-state index contributed by atoms with van der Waals surface area (Å²) in [6.45, 7) is 13.1. The molecule has 2 fully saturated rings. The highest BCUT2D eigenvalue weighted by Crippen LogP contribution is 2.29. The Bertz CT molecular complexity index is 265. The van der Waals surface area contributed by atoms with Crippen molar-refractivity contribution in [2.75, 3.05) is 32.7 Å². The molecule has 0 radical (unpaired) electrons. The molecular weight excluding hydrogens is 234 g/mol. The van der Waals surface area contributed by atoms with Crippen LogP contribution in [-0.2, 0) is 0 Å². The first kappa shape index (κ1) is 15.3. The van der Waals surface area contributed by atoms with E-state index in [1.807, 2.05) is 0 Å². The molecule has 0 aromatic heterocycles. The van der Waals surface area contributed by atoms with E-state index in [0.717, 1.165) is 17.9 Å². The number of nitrogens with zero attached hydrogens (tertiary/aromatic N) is 2. The monoisotopic (exact) mass is 267 g/mol. The summed E-state index contributed by atoms with van der Waals surface area (Å²) in [5.74, 6) is 1.62. The van der Waals surface area contributed by atoms with E-state index in [0.29, 0.717) is 6.04 Å². The molecule has 3 nitrogen and oxygen atoms in total. The number of hydrogen-bond donors (Lipinski definition) is 1. The summed E-state index contributed by atoms with van der Waals surface area (Å²) in [7, 11) is 0. The van der Waals surface area contributed by atoms with Crippen molar-refractivity contribution in [3.63, 3.8) is 0 Å². The average molecular weight is 267 g/mol.